The fourth-order valence-electron chi connectivity index (χ4n) is 2.46. The summed E-state index contributed by atoms with van der Waals surface area (Å²) in [6, 6.07) is 16.2. The zero-order valence-corrected chi connectivity index (χ0v) is 12.7. The van der Waals surface area contributed by atoms with Gasteiger partial charge in [-0.05, 0) is 30.2 Å². The maximum atomic E-state index is 5.77. The molecule has 0 aliphatic rings. The molecule has 2 aromatic carbocycles. The van der Waals surface area contributed by atoms with Crippen molar-refractivity contribution in [3.63, 3.8) is 0 Å². The van der Waals surface area contributed by atoms with Crippen LogP contribution < -0.4 is 10.5 Å². The lowest BCUT2D eigenvalue weighted by Gasteiger charge is -2.05. The average Bonchev–Trinajstić information content (AvgIpc) is 2.96. The van der Waals surface area contributed by atoms with E-state index in [1.165, 1.54) is 0 Å². The van der Waals surface area contributed by atoms with Crippen LogP contribution in [-0.2, 0) is 6.54 Å². The van der Waals surface area contributed by atoms with Gasteiger partial charge in [0.25, 0.3) is 0 Å². The minimum atomic E-state index is 0.422. The van der Waals surface area contributed by atoms with Crippen molar-refractivity contribution in [2.75, 3.05) is 7.11 Å². The van der Waals surface area contributed by atoms with Crippen molar-refractivity contribution >= 4 is 0 Å². The summed E-state index contributed by atoms with van der Waals surface area (Å²) >= 11 is 0. The highest BCUT2D eigenvalue weighted by atomic mass is 16.5. The molecule has 1 heterocycles. The first kappa shape index (κ1) is 14.4. The molecule has 0 aliphatic heterocycles. The van der Waals surface area contributed by atoms with E-state index < -0.39 is 0 Å². The highest BCUT2D eigenvalue weighted by molar-refractivity contribution is 5.70. The lowest BCUT2D eigenvalue weighted by molar-refractivity contribution is 0.398. The fraction of sp³-hybridized carbons (Fsp3) is 0.167. The first-order valence-electron chi connectivity index (χ1n) is 7.13. The van der Waals surface area contributed by atoms with Crippen LogP contribution in [0.3, 0.4) is 0 Å². The number of rotatable bonds is 4. The van der Waals surface area contributed by atoms with Crippen molar-refractivity contribution in [1.82, 2.24) is 5.16 Å². The van der Waals surface area contributed by atoms with Crippen LogP contribution in [0.15, 0.2) is 53.1 Å². The first-order chi connectivity index (χ1) is 10.7. The molecular weight excluding hydrogens is 276 g/mol. The van der Waals surface area contributed by atoms with Crippen molar-refractivity contribution in [2.24, 2.45) is 5.73 Å². The predicted octanol–water partition coefficient (Wildman–Crippen LogP) is 3.78. The molecule has 112 valence electrons. The van der Waals surface area contributed by atoms with Gasteiger partial charge in [-0.1, -0.05) is 41.6 Å². The normalized spacial score (nSPS) is 10.7. The molecule has 4 heteroatoms. The number of ether oxygens (including phenoxy) is 1. The third kappa shape index (κ3) is 2.61. The Balaban J connectivity index is 1.91. The largest absolute Gasteiger partial charge is 0.497 e. The average molecular weight is 294 g/mol. The number of aryl methyl sites for hydroxylation is 1. The van der Waals surface area contributed by atoms with Crippen LogP contribution in [0.5, 0.6) is 5.75 Å². The summed E-state index contributed by atoms with van der Waals surface area (Å²) in [6.45, 7) is 2.30. The highest BCUT2D eigenvalue weighted by Gasteiger charge is 2.13. The molecule has 2 N–H and O–H groups in total. The van der Waals surface area contributed by atoms with Gasteiger partial charge in [-0.3, -0.25) is 0 Å². The van der Waals surface area contributed by atoms with Gasteiger partial charge >= 0.3 is 0 Å². The SMILES string of the molecule is COc1ccc(-c2ccc(-c3noc(C)c3CN)cc2)cc1. The second kappa shape index (κ2) is 6.03. The molecule has 3 rings (SSSR count). The lowest BCUT2D eigenvalue weighted by Crippen LogP contribution is -1.98. The first-order valence-corrected chi connectivity index (χ1v) is 7.13. The Morgan fingerprint density at radius 3 is 2.05 bits per heavy atom. The summed E-state index contributed by atoms with van der Waals surface area (Å²) in [5, 5.41) is 4.11. The molecule has 0 radical (unpaired) electrons. The minimum Gasteiger partial charge on any atom is -0.497 e. The van der Waals surface area contributed by atoms with E-state index in [1.54, 1.807) is 7.11 Å². The maximum Gasteiger partial charge on any atom is 0.138 e. The molecule has 0 saturated carbocycles. The Bertz CT molecular complexity index is 759. The number of hydrogen-bond donors (Lipinski definition) is 1. The van der Waals surface area contributed by atoms with Gasteiger partial charge in [0.1, 0.15) is 17.2 Å². The van der Waals surface area contributed by atoms with Crippen LogP contribution in [0.1, 0.15) is 11.3 Å². The van der Waals surface area contributed by atoms with Crippen LogP contribution in [-0.4, -0.2) is 12.3 Å². The maximum absolute atomic E-state index is 5.77. The van der Waals surface area contributed by atoms with E-state index in [0.717, 1.165) is 39.5 Å². The number of hydrogen-bond acceptors (Lipinski definition) is 4. The second-order valence-corrected chi connectivity index (χ2v) is 5.08. The van der Waals surface area contributed by atoms with Crippen LogP contribution in [0.4, 0.5) is 0 Å². The molecule has 3 aromatic rings. The lowest BCUT2D eigenvalue weighted by atomic mass is 10.0. The van der Waals surface area contributed by atoms with Gasteiger partial charge < -0.3 is 15.0 Å². The van der Waals surface area contributed by atoms with Gasteiger partial charge in [-0.25, -0.2) is 0 Å². The molecule has 0 unspecified atom stereocenters. The van der Waals surface area contributed by atoms with Gasteiger partial charge in [-0.15, -0.1) is 0 Å². The molecule has 0 aliphatic carbocycles. The van der Waals surface area contributed by atoms with Crippen LogP contribution >= 0.6 is 0 Å². The summed E-state index contributed by atoms with van der Waals surface area (Å²) in [4.78, 5) is 0. The van der Waals surface area contributed by atoms with Crippen molar-refractivity contribution in [2.45, 2.75) is 13.5 Å². The van der Waals surface area contributed by atoms with Crippen molar-refractivity contribution < 1.29 is 9.26 Å². The number of benzene rings is 2. The van der Waals surface area contributed by atoms with E-state index >= 15 is 0 Å². The van der Waals surface area contributed by atoms with Crippen LogP contribution in [0.25, 0.3) is 22.4 Å². The Labute approximate surface area is 129 Å². The van der Waals surface area contributed by atoms with E-state index in [0.29, 0.717) is 6.54 Å². The molecule has 4 nitrogen and oxygen atoms in total. The van der Waals surface area contributed by atoms with Crippen molar-refractivity contribution in [3.05, 3.63) is 59.9 Å². The summed E-state index contributed by atoms with van der Waals surface area (Å²) in [7, 11) is 1.67. The van der Waals surface area contributed by atoms with E-state index in [4.69, 9.17) is 15.0 Å². The number of nitrogens with zero attached hydrogens (tertiary/aromatic N) is 1. The highest BCUT2D eigenvalue weighted by Crippen LogP contribution is 2.28. The monoisotopic (exact) mass is 294 g/mol. The smallest absolute Gasteiger partial charge is 0.138 e. The van der Waals surface area contributed by atoms with E-state index in [-0.39, 0.29) is 0 Å². The second-order valence-electron chi connectivity index (χ2n) is 5.08. The predicted molar refractivity (Wildman–Crippen MR) is 86.6 cm³/mol. The molecule has 0 atom stereocenters. The van der Waals surface area contributed by atoms with Crippen molar-refractivity contribution in [1.29, 1.82) is 0 Å². The Kier molecular flexibility index (Phi) is 3.94. The molecule has 1 aromatic heterocycles. The third-order valence-electron chi connectivity index (χ3n) is 3.77. The van der Waals surface area contributed by atoms with E-state index in [1.807, 2.05) is 43.3 Å². The summed E-state index contributed by atoms with van der Waals surface area (Å²) in [5.74, 6) is 1.63. The molecule has 0 bridgehead atoms. The Morgan fingerprint density at radius 1 is 0.955 bits per heavy atom. The van der Waals surface area contributed by atoms with E-state index in [2.05, 4.69) is 17.3 Å². The quantitative estimate of drug-likeness (QED) is 0.795. The van der Waals surface area contributed by atoms with Crippen LogP contribution in [0, 0.1) is 6.92 Å². The van der Waals surface area contributed by atoms with E-state index in [9.17, 15) is 0 Å². The zero-order valence-electron chi connectivity index (χ0n) is 12.7. The molecule has 0 spiro atoms. The van der Waals surface area contributed by atoms with Crippen LogP contribution in [0.2, 0.25) is 0 Å². The number of methoxy groups -OCH3 is 1. The van der Waals surface area contributed by atoms with Gasteiger partial charge in [-0.2, -0.15) is 0 Å². The Hall–Kier alpha value is -2.59. The minimum absolute atomic E-state index is 0.422. The number of nitrogens with two attached hydrogens (primary N) is 1. The number of aromatic nitrogens is 1. The van der Waals surface area contributed by atoms with Gasteiger partial charge in [0.2, 0.25) is 0 Å². The molecule has 0 amide bonds. The Morgan fingerprint density at radius 2 is 1.50 bits per heavy atom. The van der Waals surface area contributed by atoms with Gasteiger partial charge in [0.05, 0.1) is 7.11 Å². The molecular formula is C18H18N2O2. The zero-order chi connectivity index (χ0) is 15.5. The summed E-state index contributed by atoms with van der Waals surface area (Å²) in [6.07, 6.45) is 0. The molecule has 0 saturated heterocycles. The summed E-state index contributed by atoms with van der Waals surface area (Å²) in [5.41, 5.74) is 10.8. The van der Waals surface area contributed by atoms with Gasteiger partial charge in [0, 0.05) is 17.7 Å². The topological polar surface area (TPSA) is 61.3 Å². The fourth-order valence-corrected chi connectivity index (χ4v) is 2.46. The summed E-state index contributed by atoms with van der Waals surface area (Å²) < 4.78 is 10.4. The standard InChI is InChI=1S/C18H18N2O2/c1-12-17(11-19)18(20-22-12)15-5-3-13(4-6-15)14-7-9-16(21-2)10-8-14/h3-10H,11,19H2,1-2H3. The van der Waals surface area contributed by atoms with Gasteiger partial charge in [0.15, 0.2) is 0 Å². The molecule has 0 fully saturated rings. The molecule has 22 heavy (non-hydrogen) atoms. The third-order valence-corrected chi connectivity index (χ3v) is 3.77. The van der Waals surface area contributed by atoms with Crippen molar-refractivity contribution in [3.8, 4) is 28.1 Å².